The van der Waals surface area contributed by atoms with Crippen molar-refractivity contribution in [3.63, 3.8) is 0 Å². The van der Waals surface area contributed by atoms with Gasteiger partial charge in [-0.2, -0.15) is 0 Å². The lowest BCUT2D eigenvalue weighted by Gasteiger charge is -2.23. The van der Waals surface area contributed by atoms with E-state index in [1.807, 2.05) is 19.0 Å². The van der Waals surface area contributed by atoms with Gasteiger partial charge in [-0.3, -0.25) is 9.59 Å². The molecule has 0 spiro atoms. The van der Waals surface area contributed by atoms with Crippen LogP contribution >= 0.6 is 11.6 Å². The van der Waals surface area contributed by atoms with E-state index in [4.69, 9.17) is 16.3 Å². The Hall–Kier alpha value is -1.79. The second-order valence-corrected chi connectivity index (χ2v) is 6.75. The lowest BCUT2D eigenvalue weighted by atomic mass is 9.91. The molecular formula is C17H26ClN3O3. The molecule has 0 aliphatic heterocycles. The molecule has 0 bridgehead atoms. The molecule has 0 saturated heterocycles. The van der Waals surface area contributed by atoms with Gasteiger partial charge in [0.2, 0.25) is 11.8 Å². The SMILES string of the molecule is COc1ccc(NC(=O)C(C)(C)C(=O)NCCCN(C)C)cc1Cl. The summed E-state index contributed by atoms with van der Waals surface area (Å²) in [5.74, 6) is -0.181. The average molecular weight is 356 g/mol. The van der Waals surface area contributed by atoms with Crippen LogP contribution in [-0.4, -0.2) is 51.0 Å². The summed E-state index contributed by atoms with van der Waals surface area (Å²) in [4.78, 5) is 26.7. The molecule has 0 saturated carbocycles. The second-order valence-electron chi connectivity index (χ2n) is 6.34. The molecule has 0 heterocycles. The third kappa shape index (κ3) is 5.69. The summed E-state index contributed by atoms with van der Waals surface area (Å²) in [6.07, 6.45) is 0.824. The van der Waals surface area contributed by atoms with Crippen LogP contribution < -0.4 is 15.4 Å². The monoisotopic (exact) mass is 355 g/mol. The van der Waals surface area contributed by atoms with Crippen molar-refractivity contribution in [3.05, 3.63) is 23.2 Å². The van der Waals surface area contributed by atoms with Crippen LogP contribution in [0.1, 0.15) is 20.3 Å². The highest BCUT2D eigenvalue weighted by molar-refractivity contribution is 6.32. The van der Waals surface area contributed by atoms with Gasteiger partial charge in [0.25, 0.3) is 0 Å². The average Bonchev–Trinajstić information content (AvgIpc) is 2.51. The van der Waals surface area contributed by atoms with Crippen LogP contribution in [0.5, 0.6) is 5.75 Å². The van der Waals surface area contributed by atoms with Crippen LogP contribution in [0, 0.1) is 5.41 Å². The Kier molecular flexibility index (Phi) is 7.51. The van der Waals surface area contributed by atoms with Gasteiger partial charge >= 0.3 is 0 Å². The molecule has 0 unspecified atom stereocenters. The molecule has 0 fully saturated rings. The highest BCUT2D eigenvalue weighted by Gasteiger charge is 2.35. The number of hydrogen-bond donors (Lipinski definition) is 2. The lowest BCUT2D eigenvalue weighted by Crippen LogP contribution is -2.45. The van der Waals surface area contributed by atoms with Crippen molar-refractivity contribution in [2.45, 2.75) is 20.3 Å². The van der Waals surface area contributed by atoms with E-state index >= 15 is 0 Å². The van der Waals surface area contributed by atoms with E-state index in [-0.39, 0.29) is 5.91 Å². The Balaban J connectivity index is 2.63. The van der Waals surface area contributed by atoms with Crippen molar-refractivity contribution in [2.75, 3.05) is 39.6 Å². The molecule has 0 radical (unpaired) electrons. The van der Waals surface area contributed by atoms with Gasteiger partial charge < -0.3 is 20.3 Å². The molecule has 0 aliphatic rings. The van der Waals surface area contributed by atoms with Gasteiger partial charge in [-0.1, -0.05) is 11.6 Å². The molecular weight excluding hydrogens is 330 g/mol. The number of rotatable bonds is 8. The Morgan fingerprint density at radius 2 is 1.92 bits per heavy atom. The minimum absolute atomic E-state index is 0.307. The summed E-state index contributed by atoms with van der Waals surface area (Å²) in [6, 6.07) is 4.92. The van der Waals surface area contributed by atoms with E-state index in [1.165, 1.54) is 7.11 Å². The van der Waals surface area contributed by atoms with Gasteiger partial charge in [0, 0.05) is 12.2 Å². The first-order chi connectivity index (χ1) is 11.2. The number of carbonyl (C=O) groups is 2. The standard InChI is InChI=1S/C17H26ClN3O3/c1-17(2,15(22)19-9-6-10-21(3)4)16(23)20-12-7-8-14(24-5)13(18)11-12/h7-8,11H,6,9-10H2,1-5H3,(H,19,22)(H,20,23). The van der Waals surface area contributed by atoms with E-state index in [2.05, 4.69) is 10.6 Å². The first kappa shape index (κ1) is 20.3. The number of ether oxygens (including phenoxy) is 1. The normalized spacial score (nSPS) is 11.3. The summed E-state index contributed by atoms with van der Waals surface area (Å²) < 4.78 is 5.07. The maximum Gasteiger partial charge on any atom is 0.239 e. The summed E-state index contributed by atoms with van der Waals surface area (Å²) in [5, 5.41) is 5.91. The Morgan fingerprint density at radius 3 is 2.46 bits per heavy atom. The van der Waals surface area contributed by atoms with Crippen molar-refractivity contribution >= 4 is 29.1 Å². The predicted octanol–water partition coefficient (Wildman–Crippen LogP) is 2.38. The summed E-state index contributed by atoms with van der Waals surface area (Å²) in [6.45, 7) is 4.59. The summed E-state index contributed by atoms with van der Waals surface area (Å²) >= 11 is 6.04. The number of amides is 2. The predicted molar refractivity (Wildman–Crippen MR) is 96.6 cm³/mol. The van der Waals surface area contributed by atoms with Crippen LogP contribution in [0.25, 0.3) is 0 Å². The first-order valence-electron chi connectivity index (χ1n) is 7.76. The van der Waals surface area contributed by atoms with Crippen LogP contribution in [-0.2, 0) is 9.59 Å². The number of nitrogens with one attached hydrogen (secondary N) is 2. The maximum atomic E-state index is 12.4. The van der Waals surface area contributed by atoms with Crippen LogP contribution in [0.3, 0.4) is 0 Å². The van der Waals surface area contributed by atoms with Gasteiger partial charge in [-0.25, -0.2) is 0 Å². The van der Waals surface area contributed by atoms with Gasteiger partial charge in [0.05, 0.1) is 12.1 Å². The minimum atomic E-state index is -1.19. The molecule has 0 atom stereocenters. The number of methoxy groups -OCH3 is 1. The van der Waals surface area contributed by atoms with Crippen LogP contribution in [0.2, 0.25) is 5.02 Å². The summed E-state index contributed by atoms with van der Waals surface area (Å²) in [5.41, 5.74) is -0.677. The highest BCUT2D eigenvalue weighted by atomic mass is 35.5. The molecule has 134 valence electrons. The molecule has 1 rings (SSSR count). The Morgan fingerprint density at radius 1 is 1.25 bits per heavy atom. The number of halogens is 1. The lowest BCUT2D eigenvalue weighted by molar-refractivity contribution is -0.138. The minimum Gasteiger partial charge on any atom is -0.495 e. The zero-order valence-electron chi connectivity index (χ0n) is 14.9. The van der Waals surface area contributed by atoms with Crippen LogP contribution in [0.15, 0.2) is 18.2 Å². The van der Waals surface area contributed by atoms with Crippen molar-refractivity contribution in [1.82, 2.24) is 10.2 Å². The van der Waals surface area contributed by atoms with Gasteiger partial charge in [0.15, 0.2) is 0 Å². The zero-order chi connectivity index (χ0) is 18.3. The number of anilines is 1. The quantitative estimate of drug-likeness (QED) is 0.555. The number of carbonyl (C=O) groups excluding carboxylic acids is 2. The Bertz CT molecular complexity index is 588. The van der Waals surface area contributed by atoms with E-state index < -0.39 is 11.3 Å². The van der Waals surface area contributed by atoms with E-state index in [9.17, 15) is 9.59 Å². The zero-order valence-corrected chi connectivity index (χ0v) is 15.7. The molecule has 1 aromatic rings. The smallest absolute Gasteiger partial charge is 0.239 e. The molecule has 2 N–H and O–H groups in total. The van der Waals surface area contributed by atoms with Crippen LogP contribution in [0.4, 0.5) is 5.69 Å². The highest BCUT2D eigenvalue weighted by Crippen LogP contribution is 2.28. The largest absolute Gasteiger partial charge is 0.495 e. The van der Waals surface area contributed by atoms with E-state index in [0.717, 1.165) is 13.0 Å². The fourth-order valence-corrected chi connectivity index (χ4v) is 2.21. The third-order valence-electron chi connectivity index (χ3n) is 3.61. The van der Waals surface area contributed by atoms with Crippen molar-refractivity contribution in [1.29, 1.82) is 0 Å². The van der Waals surface area contributed by atoms with Gasteiger partial charge in [0.1, 0.15) is 11.2 Å². The van der Waals surface area contributed by atoms with Gasteiger partial charge in [-0.15, -0.1) is 0 Å². The number of benzene rings is 1. The van der Waals surface area contributed by atoms with Crippen molar-refractivity contribution in [2.24, 2.45) is 5.41 Å². The molecule has 2 amide bonds. The fourth-order valence-electron chi connectivity index (χ4n) is 1.95. The molecule has 6 nitrogen and oxygen atoms in total. The molecule has 0 aromatic heterocycles. The third-order valence-corrected chi connectivity index (χ3v) is 3.91. The Labute approximate surface area is 148 Å². The number of nitrogens with zero attached hydrogens (tertiary/aromatic N) is 1. The second kappa shape index (κ2) is 8.89. The molecule has 0 aliphatic carbocycles. The maximum absolute atomic E-state index is 12.4. The molecule has 1 aromatic carbocycles. The molecule has 7 heteroatoms. The fraction of sp³-hybridized carbons (Fsp3) is 0.529. The van der Waals surface area contributed by atoms with E-state index in [1.54, 1.807) is 32.0 Å². The molecule has 24 heavy (non-hydrogen) atoms. The number of hydrogen-bond acceptors (Lipinski definition) is 4. The topological polar surface area (TPSA) is 70.7 Å². The first-order valence-corrected chi connectivity index (χ1v) is 8.14. The van der Waals surface area contributed by atoms with E-state index in [0.29, 0.717) is 23.0 Å². The van der Waals surface area contributed by atoms with Crippen molar-refractivity contribution < 1.29 is 14.3 Å². The van der Waals surface area contributed by atoms with Crippen molar-refractivity contribution in [3.8, 4) is 5.75 Å². The summed E-state index contributed by atoms with van der Waals surface area (Å²) in [7, 11) is 5.46. The van der Waals surface area contributed by atoms with Gasteiger partial charge in [-0.05, 0) is 59.1 Å².